The molecule has 168 valence electrons. The van der Waals surface area contributed by atoms with E-state index in [0.717, 1.165) is 12.1 Å². The molecule has 3 unspecified atom stereocenters. The quantitative estimate of drug-likeness (QED) is 0.276. The molecule has 4 aromatic rings. The Labute approximate surface area is 206 Å². The van der Waals surface area contributed by atoms with Crippen molar-refractivity contribution >= 4 is 22.2 Å². The molecular formula is C34H27N. The van der Waals surface area contributed by atoms with Crippen LogP contribution in [0.1, 0.15) is 68.7 Å². The van der Waals surface area contributed by atoms with E-state index in [2.05, 4.69) is 99.7 Å². The molecule has 4 aromatic carbocycles. The topological polar surface area (TPSA) is 12.4 Å². The normalized spacial score (nSPS) is 22.8. The minimum absolute atomic E-state index is 0.254. The van der Waals surface area contributed by atoms with Crippen LogP contribution in [0.3, 0.4) is 0 Å². The standard InChI is InChI=1S/C34H27N/c1-18-16-19(2)28-32-24-12-7-8-15-26(24)35-34(32)31-23-14-9-13-22(23)29(21-10-5-4-6-11-21)25-17-20(3)27(18)33(28)30(25)31/h4-13,15-17,29,31-32H,14H2,1-3H3. The third kappa shape index (κ3) is 2.36. The molecule has 0 spiro atoms. The van der Waals surface area contributed by atoms with Gasteiger partial charge < -0.3 is 0 Å². The molecule has 0 N–H and O–H groups in total. The second-order valence-corrected chi connectivity index (χ2v) is 10.8. The van der Waals surface area contributed by atoms with Gasteiger partial charge in [-0.2, -0.15) is 0 Å². The molecule has 3 aliphatic carbocycles. The number of hydrogen-bond acceptors (Lipinski definition) is 1. The Hall–Kier alpha value is -3.71. The number of hydrogen-bond donors (Lipinski definition) is 0. The monoisotopic (exact) mass is 449 g/mol. The van der Waals surface area contributed by atoms with Gasteiger partial charge in [0, 0.05) is 17.5 Å². The molecule has 0 aromatic heterocycles. The van der Waals surface area contributed by atoms with Crippen LogP contribution in [0, 0.1) is 20.8 Å². The van der Waals surface area contributed by atoms with Crippen LogP contribution in [0.15, 0.2) is 95.0 Å². The molecule has 35 heavy (non-hydrogen) atoms. The Kier molecular flexibility index (Phi) is 3.75. The summed E-state index contributed by atoms with van der Waals surface area (Å²) >= 11 is 0. The van der Waals surface area contributed by atoms with Crippen LogP contribution in [0.4, 0.5) is 5.69 Å². The summed E-state index contributed by atoms with van der Waals surface area (Å²) in [5.74, 6) is 0.808. The molecule has 0 bridgehead atoms. The van der Waals surface area contributed by atoms with Crippen molar-refractivity contribution in [2.45, 2.75) is 44.9 Å². The number of aryl methyl sites for hydroxylation is 3. The van der Waals surface area contributed by atoms with Crippen LogP contribution in [-0.2, 0) is 0 Å². The average molecular weight is 450 g/mol. The van der Waals surface area contributed by atoms with Gasteiger partial charge in [-0.15, -0.1) is 0 Å². The first-order valence-electron chi connectivity index (χ1n) is 12.8. The molecule has 1 heterocycles. The van der Waals surface area contributed by atoms with Gasteiger partial charge >= 0.3 is 0 Å². The SMILES string of the molecule is Cc1cc(C)c2c(C)cc3c4c2c1C1C(=Nc2ccccc21)C4C1=C(C=CC1)C3c1ccccc1. The predicted molar refractivity (Wildman–Crippen MR) is 145 cm³/mol. The zero-order chi connectivity index (χ0) is 23.4. The van der Waals surface area contributed by atoms with Gasteiger partial charge in [0.1, 0.15) is 0 Å². The number of nitrogens with zero attached hydrogens (tertiary/aromatic N) is 1. The van der Waals surface area contributed by atoms with E-state index in [9.17, 15) is 0 Å². The van der Waals surface area contributed by atoms with Crippen LogP contribution in [0.25, 0.3) is 10.8 Å². The summed E-state index contributed by atoms with van der Waals surface area (Å²) in [6, 6.07) is 24.9. The fourth-order valence-corrected chi connectivity index (χ4v) is 7.75. The number of benzene rings is 4. The van der Waals surface area contributed by atoms with Gasteiger partial charge in [0.05, 0.1) is 11.6 Å². The summed E-state index contributed by atoms with van der Waals surface area (Å²) in [5, 5.41) is 2.97. The minimum atomic E-state index is 0.254. The Morgan fingerprint density at radius 2 is 1.46 bits per heavy atom. The van der Waals surface area contributed by atoms with E-state index in [1.54, 1.807) is 5.57 Å². The van der Waals surface area contributed by atoms with Gasteiger partial charge in [-0.05, 0) is 99.7 Å². The fourth-order valence-electron chi connectivity index (χ4n) is 7.75. The van der Waals surface area contributed by atoms with Crippen molar-refractivity contribution in [2.24, 2.45) is 4.99 Å². The molecule has 0 saturated heterocycles. The summed E-state index contributed by atoms with van der Waals surface area (Å²) < 4.78 is 0. The van der Waals surface area contributed by atoms with Crippen molar-refractivity contribution in [2.75, 3.05) is 0 Å². The summed E-state index contributed by atoms with van der Waals surface area (Å²) in [6.07, 6.45) is 5.82. The Bertz CT molecular complexity index is 1700. The van der Waals surface area contributed by atoms with E-state index in [1.165, 1.54) is 66.6 Å². The van der Waals surface area contributed by atoms with E-state index in [4.69, 9.17) is 4.99 Å². The van der Waals surface area contributed by atoms with Gasteiger partial charge in [-0.25, -0.2) is 0 Å². The summed E-state index contributed by atoms with van der Waals surface area (Å²) in [4.78, 5) is 5.39. The van der Waals surface area contributed by atoms with E-state index in [0.29, 0.717) is 0 Å². The van der Waals surface area contributed by atoms with Crippen molar-refractivity contribution in [3.63, 3.8) is 0 Å². The van der Waals surface area contributed by atoms with Gasteiger partial charge in [0.25, 0.3) is 0 Å². The molecule has 0 fully saturated rings. The highest BCUT2D eigenvalue weighted by Crippen LogP contribution is 2.60. The maximum absolute atomic E-state index is 5.39. The third-order valence-electron chi connectivity index (χ3n) is 8.89. The zero-order valence-electron chi connectivity index (χ0n) is 20.4. The lowest BCUT2D eigenvalue weighted by atomic mass is 9.61. The fraction of sp³-hybridized carbons (Fsp3) is 0.206. The number of para-hydroxylation sites is 1. The lowest BCUT2D eigenvalue weighted by Crippen LogP contribution is -2.31. The number of rotatable bonds is 1. The summed E-state index contributed by atoms with van der Waals surface area (Å²) in [6.45, 7) is 6.93. The highest BCUT2D eigenvalue weighted by Gasteiger charge is 2.47. The van der Waals surface area contributed by atoms with Crippen molar-refractivity contribution in [1.82, 2.24) is 0 Å². The molecule has 1 heteroatoms. The van der Waals surface area contributed by atoms with E-state index in [-0.39, 0.29) is 17.8 Å². The summed E-state index contributed by atoms with van der Waals surface area (Å²) in [7, 11) is 0. The Morgan fingerprint density at radius 1 is 0.686 bits per heavy atom. The predicted octanol–water partition coefficient (Wildman–Crippen LogP) is 8.48. The van der Waals surface area contributed by atoms with Crippen LogP contribution in [0.5, 0.6) is 0 Å². The first-order chi connectivity index (χ1) is 17.1. The van der Waals surface area contributed by atoms with Crippen molar-refractivity contribution in [1.29, 1.82) is 0 Å². The lowest BCUT2D eigenvalue weighted by Gasteiger charge is -2.41. The molecule has 4 aliphatic rings. The van der Waals surface area contributed by atoms with Gasteiger partial charge in [-0.3, -0.25) is 4.99 Å². The zero-order valence-corrected chi connectivity index (χ0v) is 20.4. The highest BCUT2D eigenvalue weighted by atomic mass is 14.8. The Morgan fingerprint density at radius 3 is 2.31 bits per heavy atom. The molecule has 3 atom stereocenters. The smallest absolute Gasteiger partial charge is 0.0671 e. The molecular weight excluding hydrogens is 422 g/mol. The van der Waals surface area contributed by atoms with E-state index < -0.39 is 0 Å². The van der Waals surface area contributed by atoms with Crippen molar-refractivity contribution in [3.8, 4) is 0 Å². The van der Waals surface area contributed by atoms with Gasteiger partial charge in [-0.1, -0.05) is 72.8 Å². The Balaban J connectivity index is 1.57. The number of fused-ring (bicyclic) bond motifs is 6. The molecule has 0 amide bonds. The second-order valence-electron chi connectivity index (χ2n) is 10.8. The molecule has 1 nitrogen and oxygen atoms in total. The molecule has 8 rings (SSSR count). The first kappa shape index (κ1) is 19.6. The van der Waals surface area contributed by atoms with Crippen molar-refractivity contribution < 1.29 is 0 Å². The van der Waals surface area contributed by atoms with E-state index >= 15 is 0 Å². The number of allylic oxidation sites excluding steroid dienone is 4. The highest BCUT2D eigenvalue weighted by molar-refractivity contribution is 6.16. The van der Waals surface area contributed by atoms with Crippen molar-refractivity contribution in [3.05, 3.63) is 135 Å². The summed E-state index contributed by atoms with van der Waals surface area (Å²) in [5.41, 5.74) is 17.0. The maximum atomic E-state index is 5.39. The minimum Gasteiger partial charge on any atom is -0.256 e. The van der Waals surface area contributed by atoms with Gasteiger partial charge in [0.15, 0.2) is 0 Å². The first-order valence-corrected chi connectivity index (χ1v) is 12.8. The largest absolute Gasteiger partial charge is 0.256 e. The van der Waals surface area contributed by atoms with Crippen LogP contribution in [0.2, 0.25) is 0 Å². The molecule has 0 radical (unpaired) electrons. The van der Waals surface area contributed by atoms with Crippen LogP contribution in [-0.4, -0.2) is 5.71 Å². The van der Waals surface area contributed by atoms with Gasteiger partial charge in [0.2, 0.25) is 0 Å². The van der Waals surface area contributed by atoms with Crippen LogP contribution < -0.4 is 0 Å². The maximum Gasteiger partial charge on any atom is 0.0671 e. The second kappa shape index (κ2) is 6.70. The average Bonchev–Trinajstić information content (AvgIpc) is 3.49. The van der Waals surface area contributed by atoms with E-state index in [1.807, 2.05) is 0 Å². The number of aliphatic imine (C=N–C) groups is 1. The van der Waals surface area contributed by atoms with Crippen LogP contribution >= 0.6 is 0 Å². The lowest BCUT2D eigenvalue weighted by molar-refractivity contribution is 0.820. The molecule has 1 aliphatic heterocycles. The molecule has 0 saturated carbocycles. The third-order valence-corrected chi connectivity index (χ3v) is 8.89.